The standard InChI is InChI=1S/C15H25N3O/c1-5-6-14(16)15(19)18(4)11-12-7-9-13(10-8-12)17(2)3/h7-10,14H,5-6,11,16H2,1-4H3. The van der Waals surface area contributed by atoms with Gasteiger partial charge in [0.05, 0.1) is 6.04 Å². The molecule has 0 aromatic heterocycles. The number of hydrogen-bond acceptors (Lipinski definition) is 3. The minimum absolute atomic E-state index is 0.0125. The Kier molecular flexibility index (Phi) is 5.83. The Labute approximate surface area is 116 Å². The summed E-state index contributed by atoms with van der Waals surface area (Å²) < 4.78 is 0. The Morgan fingerprint density at radius 1 is 1.21 bits per heavy atom. The number of anilines is 1. The first-order chi connectivity index (χ1) is 8.95. The maximum Gasteiger partial charge on any atom is 0.239 e. The van der Waals surface area contributed by atoms with Crippen LogP contribution in [0.2, 0.25) is 0 Å². The van der Waals surface area contributed by atoms with Gasteiger partial charge in [-0.25, -0.2) is 0 Å². The highest BCUT2D eigenvalue weighted by Crippen LogP contribution is 2.13. The van der Waals surface area contributed by atoms with Gasteiger partial charge in [0.15, 0.2) is 0 Å². The van der Waals surface area contributed by atoms with E-state index < -0.39 is 0 Å². The Balaban J connectivity index is 2.61. The molecule has 1 atom stereocenters. The van der Waals surface area contributed by atoms with E-state index in [-0.39, 0.29) is 11.9 Å². The molecule has 0 aliphatic carbocycles. The quantitative estimate of drug-likeness (QED) is 0.852. The lowest BCUT2D eigenvalue weighted by Gasteiger charge is -2.21. The van der Waals surface area contributed by atoms with Crippen molar-refractivity contribution in [3.8, 4) is 0 Å². The molecule has 1 amide bonds. The molecule has 19 heavy (non-hydrogen) atoms. The highest BCUT2D eigenvalue weighted by molar-refractivity contribution is 5.81. The first-order valence-corrected chi connectivity index (χ1v) is 6.72. The van der Waals surface area contributed by atoms with Crippen LogP contribution in [0.5, 0.6) is 0 Å². The zero-order chi connectivity index (χ0) is 14.4. The molecule has 0 radical (unpaired) electrons. The van der Waals surface area contributed by atoms with Crippen LogP contribution in [0.1, 0.15) is 25.3 Å². The summed E-state index contributed by atoms with van der Waals surface area (Å²) in [5.74, 6) is 0.0125. The molecule has 0 saturated carbocycles. The number of amides is 1. The Morgan fingerprint density at radius 3 is 2.26 bits per heavy atom. The molecule has 0 aliphatic heterocycles. The number of nitrogens with two attached hydrogens (primary N) is 1. The number of likely N-dealkylation sites (N-methyl/N-ethyl adjacent to an activating group) is 1. The Morgan fingerprint density at radius 2 is 1.79 bits per heavy atom. The van der Waals surface area contributed by atoms with Crippen LogP contribution in [-0.4, -0.2) is 38.0 Å². The number of benzene rings is 1. The SMILES string of the molecule is CCCC(N)C(=O)N(C)Cc1ccc(N(C)C)cc1. The molecule has 0 saturated heterocycles. The van der Waals surface area contributed by atoms with Gasteiger partial charge in [-0.1, -0.05) is 25.5 Å². The predicted molar refractivity (Wildman–Crippen MR) is 80.1 cm³/mol. The van der Waals surface area contributed by atoms with E-state index in [0.717, 1.165) is 24.1 Å². The average Bonchev–Trinajstić information content (AvgIpc) is 2.38. The van der Waals surface area contributed by atoms with E-state index in [1.54, 1.807) is 11.9 Å². The molecule has 0 heterocycles. The minimum atomic E-state index is -0.379. The van der Waals surface area contributed by atoms with Crippen LogP contribution in [0, 0.1) is 0 Å². The van der Waals surface area contributed by atoms with Crippen LogP contribution < -0.4 is 10.6 Å². The van der Waals surface area contributed by atoms with Crippen LogP contribution in [-0.2, 0) is 11.3 Å². The summed E-state index contributed by atoms with van der Waals surface area (Å²) in [6.45, 7) is 2.64. The van der Waals surface area contributed by atoms with E-state index in [0.29, 0.717) is 6.54 Å². The Bertz CT molecular complexity index is 400. The minimum Gasteiger partial charge on any atom is -0.378 e. The van der Waals surface area contributed by atoms with Gasteiger partial charge in [0, 0.05) is 33.4 Å². The first kappa shape index (κ1) is 15.5. The molecule has 1 rings (SSSR count). The van der Waals surface area contributed by atoms with E-state index in [2.05, 4.69) is 17.0 Å². The number of carbonyl (C=O) groups is 1. The van der Waals surface area contributed by atoms with Gasteiger partial charge in [0.1, 0.15) is 0 Å². The average molecular weight is 263 g/mol. The monoisotopic (exact) mass is 263 g/mol. The Hall–Kier alpha value is -1.55. The maximum atomic E-state index is 12.0. The van der Waals surface area contributed by atoms with Gasteiger partial charge in [-0.2, -0.15) is 0 Å². The van der Waals surface area contributed by atoms with Crippen LogP contribution in [0.4, 0.5) is 5.69 Å². The van der Waals surface area contributed by atoms with Crippen molar-refractivity contribution < 1.29 is 4.79 Å². The summed E-state index contributed by atoms with van der Waals surface area (Å²) in [4.78, 5) is 15.8. The molecule has 4 heteroatoms. The number of rotatable bonds is 6. The molecule has 4 nitrogen and oxygen atoms in total. The second kappa shape index (κ2) is 7.14. The van der Waals surface area contributed by atoms with Gasteiger partial charge in [-0.15, -0.1) is 0 Å². The van der Waals surface area contributed by atoms with Crippen LogP contribution in [0.3, 0.4) is 0 Å². The highest BCUT2D eigenvalue weighted by Gasteiger charge is 2.17. The first-order valence-electron chi connectivity index (χ1n) is 6.72. The predicted octanol–water partition coefficient (Wildman–Crippen LogP) is 1.84. The zero-order valence-electron chi connectivity index (χ0n) is 12.4. The summed E-state index contributed by atoms with van der Waals surface area (Å²) in [6, 6.07) is 7.82. The third kappa shape index (κ3) is 4.56. The fraction of sp³-hybridized carbons (Fsp3) is 0.533. The lowest BCUT2D eigenvalue weighted by molar-refractivity contribution is -0.131. The van der Waals surface area contributed by atoms with Gasteiger partial charge >= 0.3 is 0 Å². The van der Waals surface area contributed by atoms with Crippen molar-refractivity contribution in [2.45, 2.75) is 32.4 Å². The molecule has 0 fully saturated rings. The van der Waals surface area contributed by atoms with Crippen LogP contribution in [0.25, 0.3) is 0 Å². The van der Waals surface area contributed by atoms with Crippen molar-refractivity contribution in [3.05, 3.63) is 29.8 Å². The third-order valence-electron chi connectivity index (χ3n) is 3.17. The topological polar surface area (TPSA) is 49.6 Å². The van der Waals surface area contributed by atoms with Gasteiger partial charge < -0.3 is 15.5 Å². The molecule has 1 aromatic carbocycles. The van der Waals surface area contributed by atoms with E-state index >= 15 is 0 Å². The molecule has 0 spiro atoms. The van der Waals surface area contributed by atoms with Crippen molar-refractivity contribution in [2.75, 3.05) is 26.0 Å². The summed E-state index contributed by atoms with van der Waals surface area (Å²) >= 11 is 0. The highest BCUT2D eigenvalue weighted by atomic mass is 16.2. The van der Waals surface area contributed by atoms with Crippen molar-refractivity contribution in [1.82, 2.24) is 4.90 Å². The lowest BCUT2D eigenvalue weighted by Crippen LogP contribution is -2.41. The summed E-state index contributed by atoms with van der Waals surface area (Å²) in [6.07, 6.45) is 1.67. The fourth-order valence-corrected chi connectivity index (χ4v) is 1.97. The number of nitrogens with zero attached hydrogens (tertiary/aromatic N) is 2. The molecule has 1 unspecified atom stereocenters. The molecular formula is C15H25N3O. The van der Waals surface area contributed by atoms with Crippen LogP contribution in [0.15, 0.2) is 24.3 Å². The van der Waals surface area contributed by atoms with E-state index in [4.69, 9.17) is 5.73 Å². The van der Waals surface area contributed by atoms with E-state index in [1.165, 1.54) is 0 Å². The van der Waals surface area contributed by atoms with Crippen molar-refractivity contribution in [1.29, 1.82) is 0 Å². The fourth-order valence-electron chi connectivity index (χ4n) is 1.97. The molecular weight excluding hydrogens is 238 g/mol. The van der Waals surface area contributed by atoms with Gasteiger partial charge in [0.2, 0.25) is 5.91 Å². The lowest BCUT2D eigenvalue weighted by atomic mass is 10.1. The molecule has 106 valence electrons. The molecule has 2 N–H and O–H groups in total. The zero-order valence-corrected chi connectivity index (χ0v) is 12.4. The summed E-state index contributed by atoms with van der Waals surface area (Å²) in [5.41, 5.74) is 8.12. The number of hydrogen-bond donors (Lipinski definition) is 1. The summed E-state index contributed by atoms with van der Waals surface area (Å²) in [7, 11) is 5.82. The van der Waals surface area contributed by atoms with Crippen molar-refractivity contribution >= 4 is 11.6 Å². The smallest absolute Gasteiger partial charge is 0.239 e. The van der Waals surface area contributed by atoms with E-state index in [1.807, 2.05) is 33.2 Å². The number of carbonyl (C=O) groups excluding carboxylic acids is 1. The second-order valence-corrected chi connectivity index (χ2v) is 5.15. The molecule has 1 aromatic rings. The van der Waals surface area contributed by atoms with Crippen LogP contribution >= 0.6 is 0 Å². The molecule has 0 bridgehead atoms. The van der Waals surface area contributed by atoms with E-state index in [9.17, 15) is 4.79 Å². The normalized spacial score (nSPS) is 12.1. The van der Waals surface area contributed by atoms with Crippen molar-refractivity contribution in [3.63, 3.8) is 0 Å². The largest absolute Gasteiger partial charge is 0.378 e. The molecule has 0 aliphatic rings. The van der Waals surface area contributed by atoms with Gasteiger partial charge in [-0.3, -0.25) is 4.79 Å². The van der Waals surface area contributed by atoms with Crippen molar-refractivity contribution in [2.24, 2.45) is 5.73 Å². The third-order valence-corrected chi connectivity index (χ3v) is 3.17. The second-order valence-electron chi connectivity index (χ2n) is 5.15. The maximum absolute atomic E-state index is 12.0. The van der Waals surface area contributed by atoms with Gasteiger partial charge in [-0.05, 0) is 24.1 Å². The van der Waals surface area contributed by atoms with Gasteiger partial charge in [0.25, 0.3) is 0 Å². The summed E-state index contributed by atoms with van der Waals surface area (Å²) in [5, 5.41) is 0.